The van der Waals surface area contributed by atoms with E-state index in [1.807, 2.05) is 18.2 Å². The summed E-state index contributed by atoms with van der Waals surface area (Å²) in [5, 5.41) is 13.6. The third-order valence-electron chi connectivity index (χ3n) is 2.93. The van der Waals surface area contributed by atoms with Crippen LogP contribution in [0, 0.1) is 6.92 Å². The lowest BCUT2D eigenvalue weighted by Gasteiger charge is -2.09. The van der Waals surface area contributed by atoms with Crippen LogP contribution in [-0.2, 0) is 4.74 Å². The van der Waals surface area contributed by atoms with E-state index in [1.165, 1.54) is 18.4 Å². The van der Waals surface area contributed by atoms with Crippen LogP contribution in [0.1, 0.15) is 15.4 Å². The number of ether oxygens (including phenoxy) is 1. The predicted octanol–water partition coefficient (Wildman–Crippen LogP) is 2.51. The van der Waals surface area contributed by atoms with Crippen LogP contribution in [-0.4, -0.2) is 42.4 Å². The number of aliphatic hydroxyl groups excluding tert-OH is 1. The van der Waals surface area contributed by atoms with E-state index in [1.54, 1.807) is 13.0 Å². The molecule has 0 aliphatic carbocycles. The number of nitrogens with one attached hydrogen (secondary N) is 1. The van der Waals surface area contributed by atoms with Crippen LogP contribution in [0.15, 0.2) is 24.3 Å². The summed E-state index contributed by atoms with van der Waals surface area (Å²) < 4.78 is 4.81. The number of aliphatic hydroxyl groups is 1. The molecule has 0 bridgehead atoms. The fraction of sp³-hybridized carbons (Fsp3) is 0.333. The van der Waals surface area contributed by atoms with Crippen LogP contribution in [0.3, 0.4) is 0 Å². The molecule has 22 heavy (non-hydrogen) atoms. The Balaban J connectivity index is 2.11. The van der Waals surface area contributed by atoms with Crippen molar-refractivity contribution in [3.63, 3.8) is 0 Å². The third-order valence-corrected chi connectivity index (χ3v) is 4.37. The second-order valence-corrected chi connectivity index (χ2v) is 6.20. The summed E-state index contributed by atoms with van der Waals surface area (Å²) in [6.07, 6.45) is -0.727. The van der Waals surface area contributed by atoms with Gasteiger partial charge in [-0.1, -0.05) is 23.7 Å². The number of halogens is 1. The Labute approximate surface area is 137 Å². The van der Waals surface area contributed by atoms with Gasteiger partial charge in [-0.15, -0.1) is 11.3 Å². The molecule has 1 amide bonds. The number of benzene rings is 1. The fourth-order valence-corrected chi connectivity index (χ4v) is 3.06. The average Bonchev–Trinajstić information content (AvgIpc) is 2.87. The number of rotatable bonds is 6. The van der Waals surface area contributed by atoms with Crippen LogP contribution < -0.4 is 5.32 Å². The molecular weight excluding hydrogens is 324 g/mol. The minimum Gasteiger partial charge on any atom is -0.389 e. The van der Waals surface area contributed by atoms with Gasteiger partial charge in [-0.25, -0.2) is 4.98 Å². The highest BCUT2D eigenvalue weighted by atomic mass is 35.5. The van der Waals surface area contributed by atoms with E-state index in [4.69, 9.17) is 16.3 Å². The second-order valence-electron chi connectivity index (χ2n) is 4.76. The lowest BCUT2D eigenvalue weighted by Crippen LogP contribution is -2.34. The van der Waals surface area contributed by atoms with Gasteiger partial charge in [0.2, 0.25) is 0 Å². The lowest BCUT2D eigenvalue weighted by atomic mass is 10.2. The maximum absolute atomic E-state index is 12.2. The van der Waals surface area contributed by atoms with Crippen molar-refractivity contribution in [3.8, 4) is 10.6 Å². The first-order valence-corrected chi connectivity index (χ1v) is 7.89. The SMILES string of the molecule is COCC(O)CNC(=O)c1sc(-c2cccc(Cl)c2)nc1C. The Bertz CT molecular complexity index is 660. The number of carbonyl (C=O) groups excluding carboxylic acids is 1. The molecule has 0 saturated carbocycles. The van der Waals surface area contributed by atoms with Crippen LogP contribution in [0.5, 0.6) is 0 Å². The van der Waals surface area contributed by atoms with E-state index in [0.29, 0.717) is 15.6 Å². The highest BCUT2D eigenvalue weighted by Crippen LogP contribution is 2.29. The smallest absolute Gasteiger partial charge is 0.263 e. The molecule has 0 aliphatic heterocycles. The van der Waals surface area contributed by atoms with Crippen molar-refractivity contribution in [2.45, 2.75) is 13.0 Å². The molecule has 0 saturated heterocycles. The number of amides is 1. The van der Waals surface area contributed by atoms with Gasteiger partial charge >= 0.3 is 0 Å². The van der Waals surface area contributed by atoms with Crippen molar-refractivity contribution >= 4 is 28.8 Å². The van der Waals surface area contributed by atoms with Crippen molar-refractivity contribution < 1.29 is 14.6 Å². The van der Waals surface area contributed by atoms with Crippen molar-refractivity contribution in [2.24, 2.45) is 0 Å². The van der Waals surface area contributed by atoms with Gasteiger partial charge in [0.05, 0.1) is 18.4 Å². The molecule has 2 rings (SSSR count). The lowest BCUT2D eigenvalue weighted by molar-refractivity contribution is 0.0610. The highest BCUT2D eigenvalue weighted by Gasteiger charge is 2.17. The number of nitrogens with zero attached hydrogens (tertiary/aromatic N) is 1. The second kappa shape index (κ2) is 7.69. The van der Waals surface area contributed by atoms with E-state index in [-0.39, 0.29) is 19.1 Å². The van der Waals surface area contributed by atoms with Gasteiger partial charge in [-0.3, -0.25) is 4.79 Å². The standard InChI is InChI=1S/C15H17ClN2O3S/c1-9-13(14(20)17-7-12(19)8-21-2)22-15(18-9)10-4-3-5-11(16)6-10/h3-6,12,19H,7-8H2,1-2H3,(H,17,20). The zero-order valence-corrected chi connectivity index (χ0v) is 13.9. The number of carbonyl (C=O) groups is 1. The predicted molar refractivity (Wildman–Crippen MR) is 87.5 cm³/mol. The molecule has 1 aromatic carbocycles. The van der Waals surface area contributed by atoms with Crippen LogP contribution >= 0.6 is 22.9 Å². The first kappa shape index (κ1) is 16.9. The Morgan fingerprint density at radius 1 is 1.55 bits per heavy atom. The Kier molecular flexibility index (Phi) is 5.90. The molecule has 0 fully saturated rings. The van der Waals surface area contributed by atoms with Crippen LogP contribution in [0.25, 0.3) is 10.6 Å². The zero-order chi connectivity index (χ0) is 16.1. The number of hydrogen-bond donors (Lipinski definition) is 2. The summed E-state index contributed by atoms with van der Waals surface area (Å²) >= 11 is 7.28. The van der Waals surface area contributed by atoms with Gasteiger partial charge in [0.1, 0.15) is 9.88 Å². The van der Waals surface area contributed by atoms with E-state index in [9.17, 15) is 9.90 Å². The minimum absolute atomic E-state index is 0.135. The summed E-state index contributed by atoms with van der Waals surface area (Å²) in [5.74, 6) is -0.251. The molecule has 5 nitrogen and oxygen atoms in total. The Morgan fingerprint density at radius 2 is 2.32 bits per heavy atom. The molecule has 1 atom stereocenters. The first-order chi connectivity index (χ1) is 10.5. The quantitative estimate of drug-likeness (QED) is 0.847. The molecule has 0 spiro atoms. The van der Waals surface area contributed by atoms with Gasteiger partial charge in [0.25, 0.3) is 5.91 Å². The van der Waals surface area contributed by atoms with Gasteiger partial charge in [0, 0.05) is 24.2 Å². The monoisotopic (exact) mass is 340 g/mol. The van der Waals surface area contributed by atoms with Crippen LogP contribution in [0.2, 0.25) is 5.02 Å². The molecule has 0 radical (unpaired) electrons. The maximum Gasteiger partial charge on any atom is 0.263 e. The van der Waals surface area contributed by atoms with Gasteiger partial charge < -0.3 is 15.2 Å². The van der Waals surface area contributed by atoms with E-state index >= 15 is 0 Å². The van der Waals surface area contributed by atoms with Crippen molar-refractivity contribution in [1.29, 1.82) is 0 Å². The van der Waals surface area contributed by atoms with Gasteiger partial charge in [0.15, 0.2) is 0 Å². The third kappa shape index (κ3) is 4.27. The normalized spacial score (nSPS) is 12.2. The highest BCUT2D eigenvalue weighted by molar-refractivity contribution is 7.17. The Morgan fingerprint density at radius 3 is 3.00 bits per heavy atom. The van der Waals surface area contributed by atoms with Crippen molar-refractivity contribution in [2.75, 3.05) is 20.3 Å². The number of aryl methyl sites for hydroxylation is 1. The molecule has 1 unspecified atom stereocenters. The summed E-state index contributed by atoms with van der Waals surface area (Å²) in [4.78, 5) is 17.1. The molecule has 2 N–H and O–H groups in total. The molecular formula is C15H17ClN2O3S. The van der Waals surface area contributed by atoms with E-state index in [2.05, 4.69) is 10.3 Å². The molecule has 1 aromatic heterocycles. The number of hydrogen-bond acceptors (Lipinski definition) is 5. The van der Waals surface area contributed by atoms with Crippen LogP contribution in [0.4, 0.5) is 0 Å². The summed E-state index contributed by atoms with van der Waals surface area (Å²) in [7, 11) is 1.50. The van der Waals surface area contributed by atoms with Crippen molar-refractivity contribution in [3.05, 3.63) is 39.9 Å². The minimum atomic E-state index is -0.727. The average molecular weight is 341 g/mol. The summed E-state index contributed by atoms with van der Waals surface area (Å²) in [6.45, 7) is 2.09. The maximum atomic E-state index is 12.2. The summed E-state index contributed by atoms with van der Waals surface area (Å²) in [5.41, 5.74) is 1.53. The largest absolute Gasteiger partial charge is 0.389 e. The zero-order valence-electron chi connectivity index (χ0n) is 12.3. The van der Waals surface area contributed by atoms with Gasteiger partial charge in [-0.05, 0) is 19.1 Å². The number of thiazole rings is 1. The first-order valence-electron chi connectivity index (χ1n) is 6.70. The topological polar surface area (TPSA) is 71.5 Å². The fourth-order valence-electron chi connectivity index (χ4n) is 1.89. The van der Waals surface area contributed by atoms with Gasteiger partial charge in [-0.2, -0.15) is 0 Å². The number of aromatic nitrogens is 1. The molecule has 1 heterocycles. The molecule has 118 valence electrons. The van der Waals surface area contributed by atoms with Crippen molar-refractivity contribution in [1.82, 2.24) is 10.3 Å². The number of methoxy groups -OCH3 is 1. The summed E-state index contributed by atoms with van der Waals surface area (Å²) in [6, 6.07) is 7.34. The Hall–Kier alpha value is -1.47. The van der Waals surface area contributed by atoms with E-state index < -0.39 is 6.10 Å². The molecule has 7 heteroatoms. The molecule has 2 aromatic rings. The van der Waals surface area contributed by atoms with E-state index in [0.717, 1.165) is 10.6 Å². The molecule has 0 aliphatic rings.